The lowest BCUT2D eigenvalue weighted by Crippen LogP contribution is -2.16. The summed E-state index contributed by atoms with van der Waals surface area (Å²) in [6.07, 6.45) is 38.1. The van der Waals surface area contributed by atoms with Crippen molar-refractivity contribution in [2.75, 3.05) is 0 Å². The zero-order valence-corrected chi connectivity index (χ0v) is 72.9. The van der Waals surface area contributed by atoms with Gasteiger partial charge in [0.2, 0.25) is 0 Å². The van der Waals surface area contributed by atoms with Crippen LogP contribution in [0.25, 0.3) is 0 Å². The molecule has 4 nitrogen and oxygen atoms in total. The molecule has 7 aliphatic carbocycles. The van der Waals surface area contributed by atoms with E-state index in [1.54, 1.807) is 38.9 Å². The molecule has 0 spiro atoms. The summed E-state index contributed by atoms with van der Waals surface area (Å²) >= 11 is 0. The number of aryl methyl sites for hydroxylation is 7. The molecule has 7 aromatic rings. The fourth-order valence-corrected chi connectivity index (χ4v) is 16.6. The zero-order chi connectivity index (χ0) is 78.1. The average molecular weight is 1420 g/mol. The largest absolute Gasteiger partial charge is 0.264 e. The van der Waals surface area contributed by atoms with E-state index in [9.17, 15) is 0 Å². The normalized spacial score (nSPS) is 19.1. The number of aromatic nitrogens is 4. The zero-order valence-electron chi connectivity index (χ0n) is 72.9. The quantitative estimate of drug-likeness (QED) is 0.160. The summed E-state index contributed by atoms with van der Waals surface area (Å²) in [6.45, 7) is 60.5. The van der Waals surface area contributed by atoms with E-state index < -0.39 is 0 Å². The van der Waals surface area contributed by atoms with Crippen LogP contribution in [0.4, 0.5) is 0 Å². The topological polar surface area (TPSA) is 51.6 Å². The molecule has 0 amide bonds. The van der Waals surface area contributed by atoms with Crippen LogP contribution in [-0.4, -0.2) is 19.9 Å². The molecule has 4 heterocycles. The van der Waals surface area contributed by atoms with Crippen LogP contribution in [0, 0.1) is 41.4 Å². The van der Waals surface area contributed by atoms with E-state index in [2.05, 4.69) is 232 Å². The SMILES string of the molecule is CC.CC.CC.CC.CC.CC.CC.CC(C)[C@H]1CCCc2ccccc21.CC(C)[C@H]1CCCc2ccccc21.CC(C)[C@H]1CCCc2cccnc21.CC(C)[C@H]1CCCc2ccncc21.CC(C)[C@H]1CCCc2cnccc21.CC(C)[C@H]1CCCc2ncccc21.CC(C)[C@H]1CCc2ccccc21. The van der Waals surface area contributed by atoms with Crippen LogP contribution in [0.1, 0.15) is 397 Å². The molecule has 14 rings (SSSR count). The van der Waals surface area contributed by atoms with Crippen molar-refractivity contribution in [2.45, 2.75) is 364 Å². The van der Waals surface area contributed by atoms with Gasteiger partial charge in [0.15, 0.2) is 0 Å². The highest BCUT2D eigenvalue weighted by Crippen LogP contribution is 2.42. The maximum Gasteiger partial charge on any atom is 0.0468 e. The van der Waals surface area contributed by atoms with Gasteiger partial charge in [-0.15, -0.1) is 0 Å². The molecule has 0 bridgehead atoms. The molecule has 582 valence electrons. The maximum atomic E-state index is 4.52. The summed E-state index contributed by atoms with van der Waals surface area (Å²) in [5.41, 5.74) is 21.3. The third kappa shape index (κ3) is 30.9. The van der Waals surface area contributed by atoms with E-state index in [-0.39, 0.29) is 0 Å². The van der Waals surface area contributed by atoms with Gasteiger partial charge in [0.05, 0.1) is 0 Å². The number of benzene rings is 3. The third-order valence-corrected chi connectivity index (χ3v) is 21.7. The Morgan fingerprint density at radius 2 is 0.519 bits per heavy atom. The van der Waals surface area contributed by atoms with Crippen molar-refractivity contribution in [1.82, 2.24) is 19.9 Å². The Labute approximate surface area is 645 Å². The predicted octanol–water partition coefficient (Wildman–Crippen LogP) is 30.7. The standard InChI is InChI=1S/2C13H18.4C12H17N.C12H16.7C2H6/c2*1-10(2)12-9-5-7-11-6-3-4-8-13(11)12;1-9(2)10-5-3-7-12-11(10)6-4-8-13-12;1-9(2)11-7-3-5-10-6-4-8-13-12(10)11;1-9(2)11-5-3-4-10-8-13-7-6-12(10)11;1-9(2)11-5-3-4-10-6-7-13-8-12(10)11;1-9(2)11-8-7-10-5-3-4-6-12(10)11;7*1-2/h2*3-4,6,8,10,12H,5,7,9H2,1-2H3;4,6,8-10H,3,5,7H2,1-2H3;4,6,8-9,11H,3,5,7H2,1-2H3;2*6-9,11H,3-5H2,1-2H3;3-6,9,11H,7-8H2,1-2H3;7*1-2H3/t2*12-;10-;4*11-;;;;;;;/m1111111......./s1. The van der Waals surface area contributed by atoms with Crippen LogP contribution < -0.4 is 0 Å². The molecule has 0 saturated heterocycles. The highest BCUT2D eigenvalue weighted by molar-refractivity contribution is 5.37. The van der Waals surface area contributed by atoms with Gasteiger partial charge < -0.3 is 0 Å². The second kappa shape index (κ2) is 56.5. The Hall–Kier alpha value is -5.74. The first-order chi connectivity index (χ1) is 50.5. The van der Waals surface area contributed by atoms with Crippen LogP contribution >= 0.6 is 0 Å². The van der Waals surface area contributed by atoms with Crippen LogP contribution in [0.2, 0.25) is 0 Å². The van der Waals surface area contributed by atoms with Gasteiger partial charge >= 0.3 is 0 Å². The lowest BCUT2D eigenvalue weighted by molar-refractivity contribution is 0.423. The van der Waals surface area contributed by atoms with Crippen molar-refractivity contribution in [2.24, 2.45) is 41.4 Å². The molecule has 3 aromatic carbocycles. The smallest absolute Gasteiger partial charge is 0.0468 e. The summed E-state index contributed by atoms with van der Waals surface area (Å²) in [5.74, 6) is 10.8. The van der Waals surface area contributed by atoms with Crippen molar-refractivity contribution in [1.29, 1.82) is 0 Å². The van der Waals surface area contributed by atoms with E-state index in [0.717, 1.165) is 76.9 Å². The summed E-state index contributed by atoms with van der Waals surface area (Å²) < 4.78 is 0. The van der Waals surface area contributed by atoms with Gasteiger partial charge in [0, 0.05) is 54.5 Å². The molecule has 4 heteroatoms. The summed E-state index contributed by atoms with van der Waals surface area (Å²) in [5, 5.41) is 0. The van der Waals surface area contributed by atoms with Gasteiger partial charge in [-0.2, -0.15) is 0 Å². The molecule has 7 aliphatic rings. The van der Waals surface area contributed by atoms with Crippen LogP contribution in [-0.2, 0) is 44.9 Å². The van der Waals surface area contributed by atoms with Gasteiger partial charge in [-0.25, -0.2) is 0 Å². The Balaban J connectivity index is 0.000000589. The Morgan fingerprint density at radius 1 is 0.231 bits per heavy atom. The summed E-state index contributed by atoms with van der Waals surface area (Å²) in [6, 6.07) is 39.8. The molecule has 0 saturated carbocycles. The van der Waals surface area contributed by atoms with Crippen LogP contribution in [0.15, 0.2) is 146 Å². The van der Waals surface area contributed by atoms with Gasteiger partial charge in [0.25, 0.3) is 0 Å². The van der Waals surface area contributed by atoms with E-state index in [1.165, 1.54) is 168 Å². The van der Waals surface area contributed by atoms with Crippen molar-refractivity contribution in [3.8, 4) is 0 Å². The van der Waals surface area contributed by atoms with Crippen LogP contribution in [0.3, 0.4) is 0 Å². The average Bonchev–Trinajstić information content (AvgIpc) is 1.73. The number of fused-ring (bicyclic) bond motifs is 7. The highest BCUT2D eigenvalue weighted by Gasteiger charge is 2.29. The van der Waals surface area contributed by atoms with E-state index >= 15 is 0 Å². The molecular weight excluding hydrogens is 1260 g/mol. The lowest BCUT2D eigenvalue weighted by Gasteiger charge is -2.28. The number of pyridine rings is 4. The Kier molecular flexibility index (Phi) is 52.3. The fourth-order valence-electron chi connectivity index (χ4n) is 16.6. The van der Waals surface area contributed by atoms with Crippen molar-refractivity contribution >= 4 is 0 Å². The molecule has 0 fully saturated rings. The van der Waals surface area contributed by atoms with Gasteiger partial charge in [-0.05, 0) is 296 Å². The maximum absolute atomic E-state index is 4.52. The first-order valence-electron chi connectivity index (χ1n) is 43.5. The highest BCUT2D eigenvalue weighted by atomic mass is 14.7. The molecule has 0 radical (unpaired) electrons. The number of hydrogen-bond donors (Lipinski definition) is 0. The molecule has 0 N–H and O–H groups in total. The number of hydrogen-bond acceptors (Lipinski definition) is 4. The van der Waals surface area contributed by atoms with Crippen molar-refractivity contribution < 1.29 is 0 Å². The predicted molar refractivity (Wildman–Crippen MR) is 465 cm³/mol. The minimum Gasteiger partial charge on any atom is -0.264 e. The van der Waals surface area contributed by atoms with Gasteiger partial charge in [0.1, 0.15) is 0 Å². The van der Waals surface area contributed by atoms with Crippen molar-refractivity contribution in [3.63, 3.8) is 0 Å². The lowest BCUT2D eigenvalue weighted by atomic mass is 9.77. The second-order valence-corrected chi connectivity index (χ2v) is 30.2. The first-order valence-corrected chi connectivity index (χ1v) is 43.5. The van der Waals surface area contributed by atoms with E-state index in [4.69, 9.17) is 0 Å². The summed E-state index contributed by atoms with van der Waals surface area (Å²) in [4.78, 5) is 17.4. The molecule has 104 heavy (non-hydrogen) atoms. The molecule has 7 atom stereocenters. The number of rotatable bonds is 7. The molecular formula is C100H162N4. The third-order valence-electron chi connectivity index (χ3n) is 21.7. The minimum atomic E-state index is 0.699. The fraction of sp³-hybridized carbons (Fsp3) is 0.620. The minimum absolute atomic E-state index is 0.699. The van der Waals surface area contributed by atoms with E-state index in [1.807, 2.05) is 128 Å². The van der Waals surface area contributed by atoms with Crippen molar-refractivity contribution in [3.05, 3.63) is 225 Å². The molecule has 0 aliphatic heterocycles. The second-order valence-electron chi connectivity index (χ2n) is 30.2. The van der Waals surface area contributed by atoms with Gasteiger partial charge in [-0.1, -0.05) is 279 Å². The molecule has 4 aromatic heterocycles. The van der Waals surface area contributed by atoms with E-state index in [0.29, 0.717) is 5.92 Å². The van der Waals surface area contributed by atoms with Crippen LogP contribution in [0.5, 0.6) is 0 Å². The summed E-state index contributed by atoms with van der Waals surface area (Å²) in [7, 11) is 0. The number of nitrogens with zero attached hydrogens (tertiary/aromatic N) is 4. The Bertz CT molecular complexity index is 2740. The monoisotopic (exact) mass is 1420 g/mol. The first kappa shape index (κ1) is 96.3. The van der Waals surface area contributed by atoms with Gasteiger partial charge in [-0.3, -0.25) is 19.9 Å². The Morgan fingerprint density at radius 3 is 0.962 bits per heavy atom. The molecule has 0 unspecified atom stereocenters.